The number of hydrogen-bond acceptors (Lipinski definition) is 0. The summed E-state index contributed by atoms with van der Waals surface area (Å²) in [5, 5.41) is 5.03. The van der Waals surface area contributed by atoms with Crippen LogP contribution in [0.3, 0.4) is 0 Å². The Hall–Kier alpha value is -7.94. The minimum atomic E-state index is 1.10. The second-order valence-corrected chi connectivity index (χ2v) is 16.8. The van der Waals surface area contributed by atoms with Crippen LogP contribution in [0.15, 0.2) is 218 Å². The molecule has 0 radical (unpaired) electrons. The number of aromatic nitrogens is 2. The molecule has 0 atom stereocenters. The molecule has 0 saturated heterocycles. The van der Waals surface area contributed by atoms with Gasteiger partial charge in [-0.15, -0.1) is 0 Å². The van der Waals surface area contributed by atoms with Crippen LogP contribution in [0, 0.1) is 0 Å². The van der Waals surface area contributed by atoms with Gasteiger partial charge in [-0.05, 0) is 123 Å². The van der Waals surface area contributed by atoms with Crippen molar-refractivity contribution in [3.63, 3.8) is 0 Å². The molecule has 0 saturated carbocycles. The van der Waals surface area contributed by atoms with Gasteiger partial charge < -0.3 is 9.13 Å². The zero-order valence-corrected chi connectivity index (χ0v) is 34.1. The van der Waals surface area contributed by atoms with Crippen LogP contribution in [0.5, 0.6) is 0 Å². The Labute approximate surface area is 360 Å². The number of rotatable bonds is 5. The first kappa shape index (κ1) is 34.9. The fourth-order valence-electron chi connectivity index (χ4n) is 10.4. The molecule has 9 aromatic carbocycles. The van der Waals surface area contributed by atoms with Crippen molar-refractivity contribution < 1.29 is 0 Å². The van der Waals surface area contributed by atoms with Crippen molar-refractivity contribution in [2.45, 2.75) is 12.8 Å². The van der Waals surface area contributed by atoms with E-state index in [-0.39, 0.29) is 0 Å². The summed E-state index contributed by atoms with van der Waals surface area (Å²) in [6, 6.07) is 74.5. The predicted octanol–water partition coefficient (Wildman–Crippen LogP) is 16.3. The van der Waals surface area contributed by atoms with E-state index in [2.05, 4.69) is 228 Å². The minimum absolute atomic E-state index is 1.10. The molecule has 0 unspecified atom stereocenters. The summed E-state index contributed by atoms with van der Waals surface area (Å²) in [6.45, 7) is 0. The van der Waals surface area contributed by atoms with Crippen LogP contribution >= 0.6 is 0 Å². The van der Waals surface area contributed by atoms with Crippen LogP contribution in [0.1, 0.15) is 18.4 Å². The van der Waals surface area contributed by atoms with E-state index < -0.39 is 0 Å². The lowest BCUT2D eigenvalue weighted by molar-refractivity contribution is 1.05. The lowest BCUT2D eigenvalue weighted by Gasteiger charge is -2.15. The molecule has 3 heterocycles. The third-order valence-electron chi connectivity index (χ3n) is 13.4. The monoisotopic (exact) mass is 788 g/mol. The van der Waals surface area contributed by atoms with E-state index in [1.165, 1.54) is 116 Å². The van der Waals surface area contributed by atoms with E-state index in [0.717, 1.165) is 18.5 Å². The smallest absolute Gasteiger partial charge is 0.0619 e. The predicted molar refractivity (Wildman–Crippen MR) is 262 cm³/mol. The molecule has 1 aliphatic carbocycles. The molecule has 2 nitrogen and oxygen atoms in total. The highest BCUT2D eigenvalue weighted by molar-refractivity contribution is 6.17. The average Bonchev–Trinajstić information content (AvgIpc) is 3.82. The van der Waals surface area contributed by atoms with Crippen LogP contribution in [0.25, 0.3) is 116 Å². The molecule has 0 amide bonds. The number of para-hydroxylation sites is 2. The highest BCUT2D eigenvalue weighted by Crippen LogP contribution is 2.48. The molecule has 62 heavy (non-hydrogen) atoms. The molecular weight excluding hydrogens is 749 g/mol. The number of hydrogen-bond donors (Lipinski definition) is 0. The first-order valence-corrected chi connectivity index (χ1v) is 21.7. The maximum absolute atomic E-state index is 2.51. The SMILES string of the molecule is C1=CCCC(c2ccc(-c3cccc(-n4c5ccccc5c5cc(-c6ccc7c(c6)c6cccc8c6n7-c6ccc(-c7ccccc7)cc6-c6ccccc6-8)ccc54)c3)cc2)=C1. The summed E-state index contributed by atoms with van der Waals surface area (Å²) in [6.07, 6.45) is 8.88. The molecule has 1 aliphatic heterocycles. The third kappa shape index (κ3) is 5.36. The zero-order valence-electron chi connectivity index (χ0n) is 34.1. The number of fused-ring (bicyclic) bond motifs is 11. The van der Waals surface area contributed by atoms with Crippen LogP contribution < -0.4 is 0 Å². The minimum Gasteiger partial charge on any atom is -0.309 e. The van der Waals surface area contributed by atoms with Crippen molar-refractivity contribution in [2.75, 3.05) is 0 Å². The lowest BCUT2D eigenvalue weighted by Crippen LogP contribution is -1.96. The molecule has 290 valence electrons. The first-order valence-electron chi connectivity index (χ1n) is 21.7. The Morgan fingerprint density at radius 1 is 0.339 bits per heavy atom. The maximum atomic E-state index is 2.51. The second-order valence-electron chi connectivity index (χ2n) is 16.8. The summed E-state index contributed by atoms with van der Waals surface area (Å²) < 4.78 is 4.94. The summed E-state index contributed by atoms with van der Waals surface area (Å²) in [7, 11) is 0. The van der Waals surface area contributed by atoms with Gasteiger partial charge in [0.2, 0.25) is 0 Å². The molecular formula is C60H40N2. The van der Waals surface area contributed by atoms with E-state index in [1.807, 2.05) is 0 Å². The molecule has 2 aliphatic rings. The van der Waals surface area contributed by atoms with Gasteiger partial charge in [0.15, 0.2) is 0 Å². The topological polar surface area (TPSA) is 9.86 Å². The third-order valence-corrected chi connectivity index (χ3v) is 13.4. The number of benzene rings is 9. The molecule has 0 N–H and O–H groups in total. The van der Waals surface area contributed by atoms with Crippen molar-refractivity contribution in [1.82, 2.24) is 9.13 Å². The molecule has 2 heteroatoms. The van der Waals surface area contributed by atoms with Gasteiger partial charge in [-0.25, -0.2) is 0 Å². The summed E-state index contributed by atoms with van der Waals surface area (Å²) in [5.41, 5.74) is 22.3. The van der Waals surface area contributed by atoms with Crippen molar-refractivity contribution >= 4 is 49.2 Å². The highest BCUT2D eigenvalue weighted by atomic mass is 15.0. The summed E-state index contributed by atoms with van der Waals surface area (Å²) >= 11 is 0. The fraction of sp³-hybridized carbons (Fsp3) is 0.0333. The second kappa shape index (κ2) is 13.8. The molecule has 13 rings (SSSR count). The van der Waals surface area contributed by atoms with Crippen LogP contribution in [-0.4, -0.2) is 9.13 Å². The zero-order chi connectivity index (χ0) is 40.7. The molecule has 0 fully saturated rings. The Morgan fingerprint density at radius 2 is 0.903 bits per heavy atom. The average molecular weight is 789 g/mol. The van der Waals surface area contributed by atoms with E-state index in [4.69, 9.17) is 0 Å². The largest absolute Gasteiger partial charge is 0.309 e. The lowest BCUT2D eigenvalue weighted by atomic mass is 9.91. The summed E-state index contributed by atoms with van der Waals surface area (Å²) in [5.74, 6) is 0. The number of allylic oxidation sites excluding steroid dienone is 4. The highest BCUT2D eigenvalue weighted by Gasteiger charge is 2.25. The normalized spacial score (nSPS) is 13.1. The van der Waals surface area contributed by atoms with Crippen LogP contribution in [-0.2, 0) is 0 Å². The Kier molecular flexibility index (Phi) is 7.77. The number of nitrogens with zero attached hydrogens (tertiary/aromatic N) is 2. The van der Waals surface area contributed by atoms with Gasteiger partial charge >= 0.3 is 0 Å². The van der Waals surface area contributed by atoms with Gasteiger partial charge in [-0.3, -0.25) is 0 Å². The van der Waals surface area contributed by atoms with Gasteiger partial charge in [0.1, 0.15) is 0 Å². The Bertz CT molecular complexity index is 3670. The van der Waals surface area contributed by atoms with Crippen LogP contribution in [0.2, 0.25) is 0 Å². The van der Waals surface area contributed by atoms with Crippen LogP contribution in [0.4, 0.5) is 0 Å². The van der Waals surface area contributed by atoms with E-state index >= 15 is 0 Å². The molecule has 0 spiro atoms. The van der Waals surface area contributed by atoms with Crippen molar-refractivity contribution in [3.05, 3.63) is 224 Å². The standard InChI is InChI=1S/C60H40N2/c1-3-13-39(14-4-1)41-25-27-42(28-26-41)43-17-11-18-47(35-43)61-56-24-10-9-21-50(56)54-37-45(30-32-57(54)61)46-31-34-59-55(38-46)52-23-12-22-51-48-19-7-8-20-49(48)53-36-44(40-15-5-2-6-16-40)29-33-58(53)62(59)60(51)52/h1-3,5-13,15-38H,4,14H2. The molecule has 2 aromatic heterocycles. The van der Waals surface area contributed by atoms with Gasteiger partial charge in [0.05, 0.1) is 27.8 Å². The maximum Gasteiger partial charge on any atom is 0.0619 e. The quantitative estimate of drug-likeness (QED) is 0.164. The van der Waals surface area contributed by atoms with E-state index in [1.54, 1.807) is 0 Å². The van der Waals surface area contributed by atoms with Crippen molar-refractivity contribution in [2.24, 2.45) is 0 Å². The Morgan fingerprint density at radius 3 is 1.71 bits per heavy atom. The van der Waals surface area contributed by atoms with E-state index in [9.17, 15) is 0 Å². The fourth-order valence-corrected chi connectivity index (χ4v) is 10.4. The molecule has 11 aromatic rings. The van der Waals surface area contributed by atoms with Gasteiger partial charge in [-0.1, -0.05) is 164 Å². The van der Waals surface area contributed by atoms with Gasteiger partial charge in [0, 0.05) is 38.4 Å². The van der Waals surface area contributed by atoms with E-state index in [0.29, 0.717) is 0 Å². The summed E-state index contributed by atoms with van der Waals surface area (Å²) in [4.78, 5) is 0. The van der Waals surface area contributed by atoms with Gasteiger partial charge in [-0.2, -0.15) is 0 Å². The van der Waals surface area contributed by atoms with Crippen molar-refractivity contribution in [3.8, 4) is 67.0 Å². The Balaban J connectivity index is 0.941. The van der Waals surface area contributed by atoms with Crippen molar-refractivity contribution in [1.29, 1.82) is 0 Å². The van der Waals surface area contributed by atoms with Gasteiger partial charge in [0.25, 0.3) is 0 Å². The molecule has 0 bridgehead atoms. The first-order chi connectivity index (χ1) is 30.7.